The Bertz CT molecular complexity index is 1150. The van der Waals surface area contributed by atoms with E-state index in [0.29, 0.717) is 29.2 Å². The third kappa shape index (κ3) is 7.55. The van der Waals surface area contributed by atoms with Gasteiger partial charge in [0.1, 0.15) is 11.6 Å². The molecule has 0 radical (unpaired) electrons. The summed E-state index contributed by atoms with van der Waals surface area (Å²) in [5.74, 6) is 1.28. The molecule has 2 aromatic heterocycles. The highest BCUT2D eigenvalue weighted by Gasteiger charge is 2.21. The quantitative estimate of drug-likeness (QED) is 0.389. The molecule has 3 rings (SSSR count). The number of nitrogens with one attached hydrogen (secondary N) is 1. The molecule has 0 unspecified atom stereocenters. The van der Waals surface area contributed by atoms with E-state index < -0.39 is 0 Å². The number of halogens is 1. The average molecular weight is 515 g/mol. The van der Waals surface area contributed by atoms with Crippen LogP contribution in [-0.2, 0) is 18.9 Å². The molecule has 0 aliphatic carbocycles. The van der Waals surface area contributed by atoms with Gasteiger partial charge in [-0.2, -0.15) is 0 Å². The maximum absolute atomic E-state index is 12.8. The lowest BCUT2D eigenvalue weighted by atomic mass is 9.96. The van der Waals surface area contributed by atoms with Crippen LogP contribution in [0.2, 0.25) is 5.02 Å². The van der Waals surface area contributed by atoms with Crippen LogP contribution >= 0.6 is 11.6 Å². The Morgan fingerprint density at radius 2 is 1.94 bits per heavy atom. The predicted molar refractivity (Wildman–Crippen MR) is 146 cm³/mol. The Morgan fingerprint density at radius 1 is 1.22 bits per heavy atom. The first kappa shape index (κ1) is 29.3. The number of carbonyl (C=O) groups is 1. The number of rotatable bonds is 9. The number of ether oxygens (including phenoxy) is 1. The second kappa shape index (κ2) is 12.4. The number of imidazole rings is 1. The Morgan fingerprint density at radius 3 is 2.47 bits per heavy atom. The molecule has 1 aromatic carbocycles. The Labute approximate surface area is 219 Å². The molecule has 1 amide bonds. The van der Waals surface area contributed by atoms with Gasteiger partial charge in [0.05, 0.1) is 16.8 Å². The minimum absolute atomic E-state index is 0. The molecule has 2 heterocycles. The first-order chi connectivity index (χ1) is 16.5. The average Bonchev–Trinajstić information content (AvgIpc) is 3.17. The molecule has 0 fully saturated rings. The lowest BCUT2D eigenvalue weighted by molar-refractivity contribution is 0.0930. The highest BCUT2D eigenvalue weighted by Crippen LogP contribution is 2.27. The van der Waals surface area contributed by atoms with Gasteiger partial charge in [0, 0.05) is 60.7 Å². The SMILES string of the molecule is C.CC(C)Oc1ccc(C(=O)N[C@H](CCO)Cc2ccc(-c3cn(C)c(C(C)(C)C)n3)cn2)cc1Cl. The van der Waals surface area contributed by atoms with Crippen molar-refractivity contribution in [2.75, 3.05) is 6.61 Å². The molecular formula is C28H39ClN4O3. The van der Waals surface area contributed by atoms with Crippen molar-refractivity contribution in [3.63, 3.8) is 0 Å². The molecule has 3 aromatic rings. The molecule has 2 N–H and O–H groups in total. The Hall–Kier alpha value is -2.90. The maximum atomic E-state index is 12.8. The van der Waals surface area contributed by atoms with Gasteiger partial charge >= 0.3 is 0 Å². The van der Waals surface area contributed by atoms with Gasteiger partial charge in [-0.25, -0.2) is 4.98 Å². The summed E-state index contributed by atoms with van der Waals surface area (Å²) in [5, 5.41) is 12.9. The van der Waals surface area contributed by atoms with E-state index in [1.54, 1.807) is 24.4 Å². The second-order valence-corrected chi connectivity index (χ2v) is 10.5. The molecule has 0 bridgehead atoms. The third-order valence-electron chi connectivity index (χ3n) is 5.49. The number of amides is 1. The Balaban J connectivity index is 0.00000456. The minimum atomic E-state index is -0.279. The van der Waals surface area contributed by atoms with Crippen LogP contribution in [0.25, 0.3) is 11.3 Å². The van der Waals surface area contributed by atoms with Crippen LogP contribution in [0.15, 0.2) is 42.7 Å². The minimum Gasteiger partial charge on any atom is -0.489 e. The fourth-order valence-corrected chi connectivity index (χ4v) is 4.12. The van der Waals surface area contributed by atoms with Crippen LogP contribution < -0.4 is 10.1 Å². The number of benzene rings is 1. The summed E-state index contributed by atoms with van der Waals surface area (Å²) in [7, 11) is 2.00. The van der Waals surface area contributed by atoms with Gasteiger partial charge in [0.15, 0.2) is 0 Å². The van der Waals surface area contributed by atoms with Crippen LogP contribution in [0.3, 0.4) is 0 Å². The molecule has 0 saturated carbocycles. The molecule has 0 aliphatic heterocycles. The molecule has 7 nitrogen and oxygen atoms in total. The van der Waals surface area contributed by atoms with Gasteiger partial charge in [-0.1, -0.05) is 39.8 Å². The summed E-state index contributed by atoms with van der Waals surface area (Å²) in [5.41, 5.74) is 3.00. The molecular weight excluding hydrogens is 476 g/mol. The summed E-state index contributed by atoms with van der Waals surface area (Å²) in [4.78, 5) is 22.2. The molecule has 0 saturated heterocycles. The molecule has 0 aliphatic rings. The molecule has 1 atom stereocenters. The molecule has 36 heavy (non-hydrogen) atoms. The van der Waals surface area contributed by atoms with E-state index in [-0.39, 0.29) is 37.5 Å². The summed E-state index contributed by atoms with van der Waals surface area (Å²) < 4.78 is 7.68. The van der Waals surface area contributed by atoms with Crippen molar-refractivity contribution in [2.24, 2.45) is 7.05 Å². The van der Waals surface area contributed by atoms with Crippen molar-refractivity contribution in [2.45, 2.75) is 72.4 Å². The number of pyridine rings is 1. The van der Waals surface area contributed by atoms with Crippen molar-refractivity contribution in [1.82, 2.24) is 19.9 Å². The van der Waals surface area contributed by atoms with E-state index in [0.717, 1.165) is 22.8 Å². The Kier molecular flexibility index (Phi) is 10.1. The molecule has 0 spiro atoms. The fraction of sp³-hybridized carbons (Fsp3) is 0.464. The smallest absolute Gasteiger partial charge is 0.251 e. The normalized spacial score (nSPS) is 12.2. The zero-order valence-electron chi connectivity index (χ0n) is 21.3. The summed E-state index contributed by atoms with van der Waals surface area (Å²) in [6.45, 7) is 10.2. The van der Waals surface area contributed by atoms with Crippen LogP contribution in [-0.4, -0.2) is 44.3 Å². The van der Waals surface area contributed by atoms with E-state index in [4.69, 9.17) is 21.3 Å². The lowest BCUT2D eigenvalue weighted by Crippen LogP contribution is -2.37. The zero-order chi connectivity index (χ0) is 25.8. The zero-order valence-corrected chi connectivity index (χ0v) is 22.1. The van der Waals surface area contributed by atoms with Crippen molar-refractivity contribution in [3.8, 4) is 17.0 Å². The van der Waals surface area contributed by atoms with Crippen molar-refractivity contribution in [3.05, 3.63) is 64.8 Å². The van der Waals surface area contributed by atoms with E-state index in [1.165, 1.54) is 0 Å². The monoisotopic (exact) mass is 514 g/mol. The maximum Gasteiger partial charge on any atom is 0.251 e. The summed E-state index contributed by atoms with van der Waals surface area (Å²) >= 11 is 6.28. The van der Waals surface area contributed by atoms with E-state index in [9.17, 15) is 9.90 Å². The van der Waals surface area contributed by atoms with Gasteiger partial charge in [-0.05, 0) is 50.6 Å². The van der Waals surface area contributed by atoms with E-state index in [2.05, 4.69) is 31.1 Å². The predicted octanol–water partition coefficient (Wildman–Crippen LogP) is 5.58. The third-order valence-corrected chi connectivity index (χ3v) is 5.79. The number of aromatic nitrogens is 3. The number of nitrogens with zero attached hydrogens (tertiary/aromatic N) is 3. The molecule has 8 heteroatoms. The summed E-state index contributed by atoms with van der Waals surface area (Å²) in [6.07, 6.45) is 4.69. The van der Waals surface area contributed by atoms with Gasteiger partial charge < -0.3 is 19.7 Å². The van der Waals surface area contributed by atoms with Crippen molar-refractivity contribution in [1.29, 1.82) is 0 Å². The second-order valence-electron chi connectivity index (χ2n) is 10.0. The van der Waals surface area contributed by atoms with Gasteiger partial charge in [-0.15, -0.1) is 0 Å². The number of aryl methyl sites for hydroxylation is 1. The largest absolute Gasteiger partial charge is 0.489 e. The van der Waals surface area contributed by atoms with Crippen LogP contribution in [0, 0.1) is 0 Å². The number of aliphatic hydroxyl groups excluding tert-OH is 1. The highest BCUT2D eigenvalue weighted by molar-refractivity contribution is 6.32. The van der Waals surface area contributed by atoms with E-state index >= 15 is 0 Å². The fourth-order valence-electron chi connectivity index (χ4n) is 3.89. The first-order valence-corrected chi connectivity index (χ1v) is 12.2. The number of hydrogen-bond donors (Lipinski definition) is 2. The van der Waals surface area contributed by atoms with Crippen LogP contribution in [0.1, 0.15) is 70.3 Å². The number of carbonyl (C=O) groups excluding carboxylic acids is 1. The number of aliphatic hydroxyl groups is 1. The molecule has 196 valence electrons. The number of hydrogen-bond acceptors (Lipinski definition) is 5. The van der Waals surface area contributed by atoms with E-state index in [1.807, 2.05) is 43.8 Å². The lowest BCUT2D eigenvalue weighted by Gasteiger charge is -2.18. The van der Waals surface area contributed by atoms with Crippen LogP contribution in [0.4, 0.5) is 0 Å². The van der Waals surface area contributed by atoms with Crippen molar-refractivity contribution < 1.29 is 14.6 Å². The standard InChI is InChI=1S/C27H35ClN4O3.CH4/c1-17(2)35-24-10-8-18(13-22(24)28)25(34)30-21(11-12-33)14-20-9-7-19(15-29-20)23-16-32(6)26(31-23)27(3,4)5;/h7-10,13,15-17,21,33H,11-12,14H2,1-6H3,(H,30,34);1H4/t21-;/m1./s1. The summed E-state index contributed by atoms with van der Waals surface area (Å²) in [6, 6.07) is 8.62. The topological polar surface area (TPSA) is 89.3 Å². The van der Waals surface area contributed by atoms with Crippen molar-refractivity contribution >= 4 is 17.5 Å². The van der Waals surface area contributed by atoms with Gasteiger partial charge in [0.2, 0.25) is 0 Å². The van der Waals surface area contributed by atoms with Gasteiger partial charge in [0.25, 0.3) is 5.91 Å². The highest BCUT2D eigenvalue weighted by atomic mass is 35.5. The van der Waals surface area contributed by atoms with Gasteiger partial charge in [-0.3, -0.25) is 9.78 Å². The first-order valence-electron chi connectivity index (χ1n) is 11.8. The van der Waals surface area contributed by atoms with Crippen LogP contribution in [0.5, 0.6) is 5.75 Å².